The highest BCUT2D eigenvalue weighted by Crippen LogP contribution is 2.11. The van der Waals surface area contributed by atoms with Crippen LogP contribution in [0.3, 0.4) is 0 Å². The van der Waals surface area contributed by atoms with Crippen molar-refractivity contribution in [2.45, 2.75) is 38.9 Å². The monoisotopic (exact) mass is 175 g/mol. The molecule has 68 valence electrons. The molecular weight excluding hydrogens is 154 g/mol. The Morgan fingerprint density at radius 1 is 1.27 bits per heavy atom. The molecule has 0 bridgehead atoms. The summed E-state index contributed by atoms with van der Waals surface area (Å²) in [4.78, 5) is 0. The average Bonchev–Trinajstić information content (AvgIpc) is 2.04. The van der Waals surface area contributed by atoms with Crippen molar-refractivity contribution >= 4 is 11.8 Å². The van der Waals surface area contributed by atoms with Gasteiger partial charge in [0.2, 0.25) is 0 Å². The Morgan fingerprint density at radius 3 is 2.55 bits per heavy atom. The molecule has 2 heteroatoms. The van der Waals surface area contributed by atoms with Crippen molar-refractivity contribution in [1.82, 2.24) is 5.32 Å². The molecule has 0 amide bonds. The number of hydrogen-bond acceptors (Lipinski definition) is 2. The Bertz CT molecular complexity index is 76.0. The third-order valence-electron chi connectivity index (χ3n) is 1.68. The maximum absolute atomic E-state index is 3.39. The van der Waals surface area contributed by atoms with E-state index in [0.717, 1.165) is 5.25 Å². The predicted octanol–water partition coefficient (Wildman–Crippen LogP) is 2.52. The SMILES string of the molecule is CCCNCCSC(C)CC. The second-order valence-corrected chi connectivity index (χ2v) is 4.39. The number of rotatable bonds is 7. The smallest absolute Gasteiger partial charge is 0.00607 e. The molecule has 0 aromatic rings. The van der Waals surface area contributed by atoms with Crippen molar-refractivity contribution in [3.63, 3.8) is 0 Å². The summed E-state index contributed by atoms with van der Waals surface area (Å²) in [5, 5.41) is 4.23. The predicted molar refractivity (Wildman–Crippen MR) is 55.4 cm³/mol. The van der Waals surface area contributed by atoms with Crippen LogP contribution in [-0.4, -0.2) is 24.1 Å². The normalized spacial score (nSPS) is 13.4. The molecule has 0 aromatic heterocycles. The van der Waals surface area contributed by atoms with Gasteiger partial charge in [0.1, 0.15) is 0 Å². The molecule has 0 saturated heterocycles. The summed E-state index contributed by atoms with van der Waals surface area (Å²) in [6, 6.07) is 0. The van der Waals surface area contributed by atoms with Gasteiger partial charge in [0, 0.05) is 17.5 Å². The van der Waals surface area contributed by atoms with E-state index in [4.69, 9.17) is 0 Å². The molecule has 0 saturated carbocycles. The van der Waals surface area contributed by atoms with E-state index in [1.165, 1.54) is 31.7 Å². The van der Waals surface area contributed by atoms with Gasteiger partial charge in [-0.25, -0.2) is 0 Å². The van der Waals surface area contributed by atoms with Crippen LogP contribution in [0.1, 0.15) is 33.6 Å². The summed E-state index contributed by atoms with van der Waals surface area (Å²) in [5.41, 5.74) is 0. The van der Waals surface area contributed by atoms with Gasteiger partial charge in [-0.15, -0.1) is 0 Å². The van der Waals surface area contributed by atoms with Gasteiger partial charge < -0.3 is 5.32 Å². The van der Waals surface area contributed by atoms with E-state index >= 15 is 0 Å². The molecule has 0 radical (unpaired) electrons. The maximum atomic E-state index is 3.39. The Kier molecular flexibility index (Phi) is 8.64. The molecule has 1 nitrogen and oxygen atoms in total. The molecule has 0 heterocycles. The second-order valence-electron chi connectivity index (χ2n) is 2.84. The van der Waals surface area contributed by atoms with Crippen LogP contribution in [-0.2, 0) is 0 Å². The summed E-state index contributed by atoms with van der Waals surface area (Å²) in [6.45, 7) is 9.08. The molecule has 1 N–H and O–H groups in total. The zero-order chi connectivity index (χ0) is 8.53. The molecule has 0 aliphatic rings. The van der Waals surface area contributed by atoms with E-state index < -0.39 is 0 Å². The molecular formula is C9H21NS. The van der Waals surface area contributed by atoms with Gasteiger partial charge in [-0.05, 0) is 19.4 Å². The van der Waals surface area contributed by atoms with E-state index in [0.29, 0.717) is 0 Å². The van der Waals surface area contributed by atoms with Gasteiger partial charge in [0.15, 0.2) is 0 Å². The van der Waals surface area contributed by atoms with Crippen molar-refractivity contribution in [3.8, 4) is 0 Å². The standard InChI is InChI=1S/C9H21NS/c1-4-6-10-7-8-11-9(3)5-2/h9-10H,4-8H2,1-3H3. The number of thioether (sulfide) groups is 1. The van der Waals surface area contributed by atoms with Crippen molar-refractivity contribution in [3.05, 3.63) is 0 Å². The third-order valence-corrected chi connectivity index (χ3v) is 3.03. The van der Waals surface area contributed by atoms with Crippen LogP contribution in [0.4, 0.5) is 0 Å². The van der Waals surface area contributed by atoms with Gasteiger partial charge in [-0.3, -0.25) is 0 Å². The Balaban J connectivity index is 2.89. The van der Waals surface area contributed by atoms with Crippen molar-refractivity contribution in [1.29, 1.82) is 0 Å². The summed E-state index contributed by atoms with van der Waals surface area (Å²) in [6.07, 6.45) is 2.53. The minimum absolute atomic E-state index is 0.832. The van der Waals surface area contributed by atoms with Gasteiger partial charge in [-0.2, -0.15) is 11.8 Å². The maximum Gasteiger partial charge on any atom is 0.00607 e. The fourth-order valence-electron chi connectivity index (χ4n) is 0.752. The molecule has 11 heavy (non-hydrogen) atoms. The quantitative estimate of drug-likeness (QED) is 0.597. The third kappa shape index (κ3) is 8.21. The first-order chi connectivity index (χ1) is 5.31. The first kappa shape index (κ1) is 11.3. The second kappa shape index (κ2) is 8.41. The summed E-state index contributed by atoms with van der Waals surface area (Å²) in [5.74, 6) is 1.26. The van der Waals surface area contributed by atoms with Crippen molar-refractivity contribution in [2.75, 3.05) is 18.8 Å². The highest BCUT2D eigenvalue weighted by atomic mass is 32.2. The van der Waals surface area contributed by atoms with E-state index in [9.17, 15) is 0 Å². The molecule has 0 aliphatic carbocycles. The fourth-order valence-corrected chi connectivity index (χ4v) is 1.65. The zero-order valence-electron chi connectivity index (χ0n) is 8.02. The lowest BCUT2D eigenvalue weighted by atomic mass is 10.4. The van der Waals surface area contributed by atoms with Crippen molar-refractivity contribution in [2.24, 2.45) is 0 Å². The lowest BCUT2D eigenvalue weighted by Gasteiger charge is -2.07. The minimum atomic E-state index is 0.832. The Hall–Kier alpha value is 0.310. The molecule has 0 spiro atoms. The highest BCUT2D eigenvalue weighted by Gasteiger charge is 1.96. The molecule has 0 aliphatic heterocycles. The van der Waals surface area contributed by atoms with Crippen LogP contribution in [0.15, 0.2) is 0 Å². The molecule has 0 fully saturated rings. The number of nitrogens with one attached hydrogen (secondary N) is 1. The van der Waals surface area contributed by atoms with Crippen LogP contribution in [0.5, 0.6) is 0 Å². The van der Waals surface area contributed by atoms with Gasteiger partial charge in [-0.1, -0.05) is 20.8 Å². The lowest BCUT2D eigenvalue weighted by molar-refractivity contribution is 0.706. The van der Waals surface area contributed by atoms with Crippen LogP contribution >= 0.6 is 11.8 Å². The van der Waals surface area contributed by atoms with E-state index in [-0.39, 0.29) is 0 Å². The van der Waals surface area contributed by atoms with E-state index in [1.807, 2.05) is 0 Å². The lowest BCUT2D eigenvalue weighted by Crippen LogP contribution is -2.18. The van der Waals surface area contributed by atoms with Crippen LogP contribution in [0.25, 0.3) is 0 Å². The average molecular weight is 175 g/mol. The summed E-state index contributed by atoms with van der Waals surface area (Å²) < 4.78 is 0. The van der Waals surface area contributed by atoms with Crippen LogP contribution < -0.4 is 5.32 Å². The topological polar surface area (TPSA) is 12.0 Å². The largest absolute Gasteiger partial charge is 0.316 e. The molecule has 0 aromatic carbocycles. The Morgan fingerprint density at radius 2 is 2.00 bits per heavy atom. The summed E-state index contributed by atoms with van der Waals surface area (Å²) >= 11 is 2.06. The first-order valence-corrected chi connectivity index (χ1v) is 5.68. The van der Waals surface area contributed by atoms with Crippen molar-refractivity contribution < 1.29 is 0 Å². The molecule has 1 unspecified atom stereocenters. The van der Waals surface area contributed by atoms with E-state index in [2.05, 4.69) is 37.8 Å². The van der Waals surface area contributed by atoms with Gasteiger partial charge in [0.05, 0.1) is 0 Å². The summed E-state index contributed by atoms with van der Waals surface area (Å²) in [7, 11) is 0. The van der Waals surface area contributed by atoms with E-state index in [1.54, 1.807) is 0 Å². The Labute approximate surface area is 75.3 Å². The van der Waals surface area contributed by atoms with Crippen LogP contribution in [0, 0.1) is 0 Å². The minimum Gasteiger partial charge on any atom is -0.316 e. The van der Waals surface area contributed by atoms with Crippen LogP contribution in [0.2, 0.25) is 0 Å². The van der Waals surface area contributed by atoms with Gasteiger partial charge >= 0.3 is 0 Å². The highest BCUT2D eigenvalue weighted by molar-refractivity contribution is 7.99. The van der Waals surface area contributed by atoms with Gasteiger partial charge in [0.25, 0.3) is 0 Å². The first-order valence-electron chi connectivity index (χ1n) is 4.63. The number of hydrogen-bond donors (Lipinski definition) is 1. The zero-order valence-corrected chi connectivity index (χ0v) is 8.84. The fraction of sp³-hybridized carbons (Fsp3) is 1.00. The molecule has 0 rings (SSSR count). The molecule has 1 atom stereocenters.